The molecule has 0 spiro atoms. The number of aromatic nitrogens is 1. The molecule has 1 aromatic carbocycles. The van der Waals surface area contributed by atoms with Crippen LogP contribution in [0.4, 0.5) is 4.39 Å². The van der Waals surface area contributed by atoms with Gasteiger partial charge in [-0.05, 0) is 48.6 Å². The third kappa shape index (κ3) is 3.42. The summed E-state index contributed by atoms with van der Waals surface area (Å²) in [5.74, 6) is 0.303. The molecule has 4 nitrogen and oxygen atoms in total. The molecule has 1 saturated heterocycles. The van der Waals surface area contributed by atoms with Crippen LogP contribution in [-0.4, -0.2) is 22.5 Å². The zero-order chi connectivity index (χ0) is 17.9. The van der Waals surface area contributed by atoms with Gasteiger partial charge in [0.25, 0.3) is 5.91 Å². The van der Waals surface area contributed by atoms with E-state index in [9.17, 15) is 9.18 Å². The number of halogens is 1. The number of hydrogen-bond donors (Lipinski definition) is 0. The molecule has 3 aromatic rings. The predicted octanol–water partition coefficient (Wildman–Crippen LogP) is 5.30. The minimum absolute atomic E-state index is 0.0856. The average molecular weight is 370 g/mol. The van der Waals surface area contributed by atoms with Crippen molar-refractivity contribution < 1.29 is 13.7 Å². The summed E-state index contributed by atoms with van der Waals surface area (Å²) in [6, 6.07) is 11.5. The summed E-state index contributed by atoms with van der Waals surface area (Å²) >= 11 is 1.60. The molecule has 0 N–H and O–H groups in total. The highest BCUT2D eigenvalue weighted by atomic mass is 32.1. The maximum atomic E-state index is 13.2. The highest BCUT2D eigenvalue weighted by Gasteiger charge is 2.30. The molecule has 1 aliphatic rings. The van der Waals surface area contributed by atoms with Gasteiger partial charge in [0.1, 0.15) is 11.5 Å². The van der Waals surface area contributed by atoms with Crippen molar-refractivity contribution >= 4 is 17.2 Å². The Morgan fingerprint density at radius 2 is 2.04 bits per heavy atom. The van der Waals surface area contributed by atoms with E-state index in [1.807, 2.05) is 28.5 Å². The molecule has 0 bridgehead atoms. The lowest BCUT2D eigenvalue weighted by Crippen LogP contribution is -2.35. The molecule has 134 valence electrons. The number of nitrogens with zero attached hydrogens (tertiary/aromatic N) is 2. The van der Waals surface area contributed by atoms with Crippen molar-refractivity contribution in [1.29, 1.82) is 0 Å². The fourth-order valence-corrected chi connectivity index (χ4v) is 4.07. The smallest absolute Gasteiger partial charge is 0.254 e. The summed E-state index contributed by atoms with van der Waals surface area (Å²) in [4.78, 5) is 15.9. The molecule has 1 atom stereocenters. The van der Waals surface area contributed by atoms with Gasteiger partial charge in [0.2, 0.25) is 0 Å². The summed E-state index contributed by atoms with van der Waals surface area (Å²) in [5, 5.41) is 6.25. The second-order valence-electron chi connectivity index (χ2n) is 6.46. The summed E-state index contributed by atoms with van der Waals surface area (Å²) in [6.45, 7) is 0.669. The lowest BCUT2D eigenvalue weighted by Gasteiger charge is -2.28. The Kier molecular flexibility index (Phi) is 4.84. The molecular formula is C20H19FN2O2S. The normalized spacial score (nSPS) is 17.9. The van der Waals surface area contributed by atoms with Crippen LogP contribution in [0.25, 0.3) is 10.6 Å². The zero-order valence-electron chi connectivity index (χ0n) is 14.2. The molecule has 1 amide bonds. The first-order valence-electron chi connectivity index (χ1n) is 8.79. The van der Waals surface area contributed by atoms with Gasteiger partial charge in [0.05, 0.1) is 10.9 Å². The number of benzene rings is 1. The van der Waals surface area contributed by atoms with Crippen LogP contribution in [0.15, 0.2) is 52.4 Å². The summed E-state index contributed by atoms with van der Waals surface area (Å²) < 4.78 is 18.7. The average Bonchev–Trinajstić information content (AvgIpc) is 3.29. The monoisotopic (exact) mass is 370 g/mol. The van der Waals surface area contributed by atoms with Crippen molar-refractivity contribution in [2.24, 2.45) is 0 Å². The zero-order valence-corrected chi connectivity index (χ0v) is 15.0. The van der Waals surface area contributed by atoms with Crippen LogP contribution in [-0.2, 0) is 0 Å². The summed E-state index contributed by atoms with van der Waals surface area (Å²) in [5.41, 5.74) is 1.28. The van der Waals surface area contributed by atoms with E-state index in [-0.39, 0.29) is 17.8 Å². The number of carbonyl (C=O) groups excluding carboxylic acids is 1. The lowest BCUT2D eigenvalue weighted by molar-refractivity contribution is 0.0674. The third-order valence-electron chi connectivity index (χ3n) is 4.74. The molecule has 0 radical (unpaired) electrons. The van der Waals surface area contributed by atoms with Gasteiger partial charge < -0.3 is 9.42 Å². The first kappa shape index (κ1) is 17.0. The van der Waals surface area contributed by atoms with Crippen LogP contribution in [0.3, 0.4) is 0 Å². The number of rotatable bonds is 3. The topological polar surface area (TPSA) is 46.3 Å². The van der Waals surface area contributed by atoms with Crippen LogP contribution < -0.4 is 0 Å². The van der Waals surface area contributed by atoms with E-state index >= 15 is 0 Å². The molecule has 3 heterocycles. The second-order valence-corrected chi connectivity index (χ2v) is 7.41. The Hall–Kier alpha value is -2.47. The first-order chi connectivity index (χ1) is 12.7. The highest BCUT2D eigenvalue weighted by molar-refractivity contribution is 7.13. The molecule has 0 unspecified atom stereocenters. The second kappa shape index (κ2) is 7.41. The predicted molar refractivity (Wildman–Crippen MR) is 98.5 cm³/mol. The fraction of sp³-hybridized carbons (Fsp3) is 0.300. The minimum Gasteiger partial charge on any atom is -0.355 e. The SMILES string of the molecule is O=C(c1ccc(F)cc1)N1CCCCC[C@H]1c1cc(-c2cccs2)on1. The van der Waals surface area contributed by atoms with Gasteiger partial charge in [-0.25, -0.2) is 4.39 Å². The summed E-state index contributed by atoms with van der Waals surface area (Å²) in [7, 11) is 0. The Bertz CT molecular complexity index is 874. The lowest BCUT2D eigenvalue weighted by atomic mass is 10.0. The Morgan fingerprint density at radius 3 is 2.81 bits per heavy atom. The Balaban J connectivity index is 1.63. The van der Waals surface area contributed by atoms with Gasteiger partial charge in [-0.3, -0.25) is 4.79 Å². The maximum Gasteiger partial charge on any atom is 0.254 e. The molecule has 1 aliphatic heterocycles. The molecule has 1 fully saturated rings. The number of amides is 1. The number of likely N-dealkylation sites (tertiary alicyclic amines) is 1. The van der Waals surface area contributed by atoms with Crippen molar-refractivity contribution in [1.82, 2.24) is 10.1 Å². The molecule has 0 saturated carbocycles. The van der Waals surface area contributed by atoms with Crippen molar-refractivity contribution in [3.05, 3.63) is 64.9 Å². The van der Waals surface area contributed by atoms with E-state index in [1.165, 1.54) is 12.1 Å². The Morgan fingerprint density at radius 1 is 1.19 bits per heavy atom. The van der Waals surface area contributed by atoms with Gasteiger partial charge in [-0.1, -0.05) is 24.1 Å². The molecule has 2 aromatic heterocycles. The maximum absolute atomic E-state index is 13.2. The van der Waals surface area contributed by atoms with Gasteiger partial charge in [0, 0.05) is 18.2 Å². The van der Waals surface area contributed by atoms with E-state index in [1.54, 1.807) is 23.5 Å². The first-order valence-corrected chi connectivity index (χ1v) is 9.67. The number of thiophene rings is 1. The molecule has 0 aliphatic carbocycles. The quantitative estimate of drug-likeness (QED) is 0.628. The summed E-state index contributed by atoms with van der Waals surface area (Å²) in [6.07, 6.45) is 3.93. The molecule has 4 rings (SSSR count). The van der Waals surface area contributed by atoms with E-state index in [4.69, 9.17) is 4.52 Å². The van der Waals surface area contributed by atoms with Crippen molar-refractivity contribution in [2.45, 2.75) is 31.7 Å². The minimum atomic E-state index is -0.342. The van der Waals surface area contributed by atoms with Crippen LogP contribution in [0.5, 0.6) is 0 Å². The molecule has 26 heavy (non-hydrogen) atoms. The van der Waals surface area contributed by atoms with Gasteiger partial charge in [-0.15, -0.1) is 11.3 Å². The van der Waals surface area contributed by atoms with E-state index in [0.717, 1.165) is 42.0 Å². The highest BCUT2D eigenvalue weighted by Crippen LogP contribution is 2.34. The van der Waals surface area contributed by atoms with Crippen LogP contribution in [0.2, 0.25) is 0 Å². The van der Waals surface area contributed by atoms with E-state index in [2.05, 4.69) is 5.16 Å². The molecular weight excluding hydrogens is 351 g/mol. The van der Waals surface area contributed by atoms with Crippen LogP contribution in [0, 0.1) is 5.82 Å². The van der Waals surface area contributed by atoms with Crippen molar-refractivity contribution in [3.63, 3.8) is 0 Å². The van der Waals surface area contributed by atoms with Gasteiger partial charge in [-0.2, -0.15) is 0 Å². The fourth-order valence-electron chi connectivity index (χ4n) is 3.40. The van der Waals surface area contributed by atoms with Crippen LogP contribution >= 0.6 is 11.3 Å². The third-order valence-corrected chi connectivity index (χ3v) is 5.62. The largest absolute Gasteiger partial charge is 0.355 e. The number of hydrogen-bond acceptors (Lipinski definition) is 4. The number of carbonyl (C=O) groups is 1. The van der Waals surface area contributed by atoms with Crippen molar-refractivity contribution in [2.75, 3.05) is 6.54 Å². The van der Waals surface area contributed by atoms with Gasteiger partial charge >= 0.3 is 0 Å². The van der Waals surface area contributed by atoms with Gasteiger partial charge in [0.15, 0.2) is 5.76 Å². The van der Waals surface area contributed by atoms with E-state index < -0.39 is 0 Å². The van der Waals surface area contributed by atoms with Crippen LogP contribution in [0.1, 0.15) is 47.8 Å². The standard InChI is InChI=1S/C20H19FN2O2S/c21-15-9-7-14(8-10-15)20(24)23-11-3-1-2-5-17(23)16-13-18(25-22-16)19-6-4-12-26-19/h4,6-10,12-13,17H,1-3,5,11H2/t17-/m0/s1. The molecule has 6 heteroatoms. The van der Waals surface area contributed by atoms with Crippen molar-refractivity contribution in [3.8, 4) is 10.6 Å². The Labute approximate surface area is 155 Å². The van der Waals surface area contributed by atoms with E-state index in [0.29, 0.717) is 12.1 Å².